The molecule has 0 saturated carbocycles. The fourth-order valence-corrected chi connectivity index (χ4v) is 2.86. The SMILES string of the molecule is CCC(Nc1sc(C(=O)OC)c(N)c1C#N)C(C)C. The van der Waals surface area contributed by atoms with Crippen LogP contribution in [0.15, 0.2) is 0 Å². The van der Waals surface area contributed by atoms with E-state index in [4.69, 9.17) is 5.73 Å². The van der Waals surface area contributed by atoms with Crippen LogP contribution in [0.1, 0.15) is 42.4 Å². The largest absolute Gasteiger partial charge is 0.465 e. The van der Waals surface area contributed by atoms with Gasteiger partial charge in [0, 0.05) is 6.04 Å². The maximum Gasteiger partial charge on any atom is 0.350 e. The summed E-state index contributed by atoms with van der Waals surface area (Å²) in [4.78, 5) is 11.9. The number of nitriles is 1. The van der Waals surface area contributed by atoms with Crippen molar-refractivity contribution in [3.05, 3.63) is 10.4 Å². The van der Waals surface area contributed by atoms with Gasteiger partial charge in [-0.3, -0.25) is 0 Å². The first-order valence-electron chi connectivity index (χ1n) is 6.13. The van der Waals surface area contributed by atoms with Crippen LogP contribution in [0, 0.1) is 17.2 Å². The van der Waals surface area contributed by atoms with Gasteiger partial charge in [-0.25, -0.2) is 4.79 Å². The summed E-state index contributed by atoms with van der Waals surface area (Å²) in [6.07, 6.45) is 0.925. The van der Waals surface area contributed by atoms with E-state index in [1.165, 1.54) is 18.4 Å². The first-order valence-corrected chi connectivity index (χ1v) is 6.95. The van der Waals surface area contributed by atoms with Crippen molar-refractivity contribution < 1.29 is 9.53 Å². The maximum absolute atomic E-state index is 11.6. The lowest BCUT2D eigenvalue weighted by atomic mass is 10.0. The lowest BCUT2D eigenvalue weighted by molar-refractivity contribution is 0.0607. The molecule has 0 fully saturated rings. The Hall–Kier alpha value is -1.74. The summed E-state index contributed by atoms with van der Waals surface area (Å²) in [6, 6.07) is 2.28. The molecule has 0 aliphatic rings. The van der Waals surface area contributed by atoms with E-state index in [-0.39, 0.29) is 16.6 Å². The Balaban J connectivity index is 3.15. The van der Waals surface area contributed by atoms with Crippen LogP contribution in [-0.2, 0) is 4.74 Å². The number of nitrogens with two attached hydrogens (primary N) is 1. The average Bonchev–Trinajstić information content (AvgIpc) is 2.70. The topological polar surface area (TPSA) is 88.1 Å². The van der Waals surface area contributed by atoms with E-state index in [1.54, 1.807) is 0 Å². The number of rotatable bonds is 5. The number of nitrogen functional groups attached to an aromatic ring is 1. The Kier molecular flexibility index (Phi) is 5.19. The van der Waals surface area contributed by atoms with Gasteiger partial charge in [0.2, 0.25) is 0 Å². The Labute approximate surface area is 117 Å². The minimum atomic E-state index is -0.510. The number of carbonyl (C=O) groups is 1. The molecule has 0 amide bonds. The molecule has 1 rings (SSSR count). The quantitative estimate of drug-likeness (QED) is 0.810. The number of anilines is 2. The van der Waals surface area contributed by atoms with Crippen LogP contribution >= 0.6 is 11.3 Å². The summed E-state index contributed by atoms with van der Waals surface area (Å²) in [5.41, 5.74) is 6.35. The lowest BCUT2D eigenvalue weighted by Crippen LogP contribution is -2.24. The summed E-state index contributed by atoms with van der Waals surface area (Å²) in [6.45, 7) is 6.28. The first-order chi connectivity index (χ1) is 8.96. The second kappa shape index (κ2) is 6.43. The van der Waals surface area contributed by atoms with E-state index < -0.39 is 5.97 Å². The normalized spacial score (nSPS) is 12.0. The van der Waals surface area contributed by atoms with Gasteiger partial charge in [-0.05, 0) is 12.3 Å². The van der Waals surface area contributed by atoms with E-state index >= 15 is 0 Å². The third-order valence-electron chi connectivity index (χ3n) is 2.99. The molecule has 1 unspecified atom stereocenters. The zero-order valence-electron chi connectivity index (χ0n) is 11.6. The summed E-state index contributed by atoms with van der Waals surface area (Å²) < 4.78 is 4.66. The van der Waals surface area contributed by atoms with E-state index in [1.807, 2.05) is 6.07 Å². The van der Waals surface area contributed by atoms with Crippen molar-refractivity contribution >= 4 is 28.0 Å². The molecule has 3 N–H and O–H groups in total. The minimum Gasteiger partial charge on any atom is -0.465 e. The van der Waals surface area contributed by atoms with Crippen LogP contribution in [0.25, 0.3) is 0 Å². The molecule has 5 nitrogen and oxygen atoms in total. The Morgan fingerprint density at radius 1 is 1.58 bits per heavy atom. The third-order valence-corrected chi connectivity index (χ3v) is 4.11. The second-order valence-corrected chi connectivity index (χ2v) is 5.58. The summed E-state index contributed by atoms with van der Waals surface area (Å²) in [5, 5.41) is 13.1. The molecule has 19 heavy (non-hydrogen) atoms. The highest BCUT2D eigenvalue weighted by Crippen LogP contribution is 2.36. The number of nitrogens with zero attached hydrogens (tertiary/aromatic N) is 1. The molecule has 0 spiro atoms. The van der Waals surface area contributed by atoms with Crippen molar-refractivity contribution in [2.75, 3.05) is 18.2 Å². The second-order valence-electron chi connectivity index (χ2n) is 4.56. The molecule has 0 radical (unpaired) electrons. The number of esters is 1. The number of hydrogen-bond donors (Lipinski definition) is 2. The van der Waals surface area contributed by atoms with Crippen LogP contribution < -0.4 is 11.1 Å². The number of ether oxygens (including phenoxy) is 1. The highest BCUT2D eigenvalue weighted by atomic mass is 32.1. The third kappa shape index (κ3) is 3.18. The smallest absolute Gasteiger partial charge is 0.350 e. The van der Waals surface area contributed by atoms with E-state index in [0.717, 1.165) is 6.42 Å². The predicted octanol–water partition coefficient (Wildman–Crippen LogP) is 2.84. The van der Waals surface area contributed by atoms with Gasteiger partial charge in [-0.15, -0.1) is 11.3 Å². The van der Waals surface area contributed by atoms with Gasteiger partial charge in [0.25, 0.3) is 0 Å². The van der Waals surface area contributed by atoms with Crippen LogP contribution in [0.3, 0.4) is 0 Å². The fraction of sp³-hybridized carbons (Fsp3) is 0.538. The Morgan fingerprint density at radius 2 is 2.21 bits per heavy atom. The van der Waals surface area contributed by atoms with Crippen LogP contribution in [-0.4, -0.2) is 19.1 Å². The van der Waals surface area contributed by atoms with E-state index in [0.29, 0.717) is 16.5 Å². The predicted molar refractivity (Wildman–Crippen MR) is 77.3 cm³/mol. The van der Waals surface area contributed by atoms with Gasteiger partial charge in [-0.1, -0.05) is 20.8 Å². The van der Waals surface area contributed by atoms with Gasteiger partial charge in [0.05, 0.1) is 12.8 Å². The Bertz CT molecular complexity index is 503. The molecular formula is C13H19N3O2S. The molecule has 0 aliphatic heterocycles. The van der Waals surface area contributed by atoms with Crippen LogP contribution in [0.2, 0.25) is 0 Å². The summed E-state index contributed by atoms with van der Waals surface area (Å²) >= 11 is 1.17. The molecule has 1 heterocycles. The van der Waals surface area contributed by atoms with Crippen molar-refractivity contribution in [1.82, 2.24) is 0 Å². The van der Waals surface area contributed by atoms with Crippen molar-refractivity contribution in [1.29, 1.82) is 5.26 Å². The average molecular weight is 281 g/mol. The molecule has 0 aromatic carbocycles. The number of methoxy groups -OCH3 is 1. The van der Waals surface area contributed by atoms with E-state index in [2.05, 4.69) is 30.8 Å². The van der Waals surface area contributed by atoms with E-state index in [9.17, 15) is 10.1 Å². The Morgan fingerprint density at radius 3 is 2.63 bits per heavy atom. The van der Waals surface area contributed by atoms with Crippen LogP contribution in [0.5, 0.6) is 0 Å². The van der Waals surface area contributed by atoms with Crippen molar-refractivity contribution in [2.24, 2.45) is 5.92 Å². The minimum absolute atomic E-state index is 0.195. The molecule has 0 bridgehead atoms. The van der Waals surface area contributed by atoms with Gasteiger partial charge in [0.1, 0.15) is 21.5 Å². The summed E-state index contributed by atoms with van der Waals surface area (Å²) in [5.74, 6) is -0.0916. The first kappa shape index (κ1) is 15.3. The molecule has 1 atom stereocenters. The number of nitrogens with one attached hydrogen (secondary N) is 1. The van der Waals surface area contributed by atoms with Crippen molar-refractivity contribution in [3.8, 4) is 6.07 Å². The molecular weight excluding hydrogens is 262 g/mol. The zero-order chi connectivity index (χ0) is 14.6. The molecule has 104 valence electrons. The zero-order valence-corrected chi connectivity index (χ0v) is 12.4. The van der Waals surface area contributed by atoms with Crippen molar-refractivity contribution in [3.63, 3.8) is 0 Å². The van der Waals surface area contributed by atoms with Crippen molar-refractivity contribution in [2.45, 2.75) is 33.2 Å². The monoisotopic (exact) mass is 281 g/mol. The van der Waals surface area contributed by atoms with Gasteiger partial charge in [0.15, 0.2) is 0 Å². The highest BCUT2D eigenvalue weighted by molar-refractivity contribution is 7.18. The molecule has 1 aromatic heterocycles. The number of carbonyl (C=O) groups excluding carboxylic acids is 1. The molecule has 1 aromatic rings. The van der Waals surface area contributed by atoms with Gasteiger partial charge < -0.3 is 15.8 Å². The fourth-order valence-electron chi connectivity index (χ4n) is 1.81. The molecule has 6 heteroatoms. The van der Waals surface area contributed by atoms with Gasteiger partial charge >= 0.3 is 5.97 Å². The molecule has 0 aliphatic carbocycles. The standard InChI is InChI=1S/C13H19N3O2S/c1-5-9(7(2)3)16-12-8(6-14)10(15)11(19-12)13(17)18-4/h7,9,16H,5,15H2,1-4H3. The van der Waals surface area contributed by atoms with Gasteiger partial charge in [-0.2, -0.15) is 5.26 Å². The summed E-state index contributed by atoms with van der Waals surface area (Å²) in [7, 11) is 1.30. The van der Waals surface area contributed by atoms with Crippen LogP contribution in [0.4, 0.5) is 10.7 Å². The number of hydrogen-bond acceptors (Lipinski definition) is 6. The highest BCUT2D eigenvalue weighted by Gasteiger charge is 2.23. The number of thiophene rings is 1. The molecule has 0 saturated heterocycles. The lowest BCUT2D eigenvalue weighted by Gasteiger charge is -2.21. The maximum atomic E-state index is 11.6.